The molecule has 0 spiro atoms. The minimum atomic E-state index is -0.383. The Kier molecular flexibility index (Phi) is 8.12. The Morgan fingerprint density at radius 1 is 0.490 bits per heavy atom. The summed E-state index contributed by atoms with van der Waals surface area (Å²) in [6.45, 7) is 5.81. The maximum atomic E-state index is 15.8. The van der Waals surface area contributed by atoms with E-state index >= 15 is 4.39 Å². The number of halogens is 2. The number of aryl methyl sites for hydroxylation is 2. The Balaban J connectivity index is 1.21. The highest BCUT2D eigenvalue weighted by atomic mass is 19.1. The standard InChI is InChI=1S/C43H32F2N6/c1-25-16-19-28(20-17-25)40-47-37-13-7-4-10-31(37)42(50-40)46-30-23-34(27(3)36(45)24-30)33-22-29(21-18-26(33)2)41-48-38-14-8-5-11-32(38)43(51-41)49-39-15-9-6-12-35(39)44/h4-24H,1-3H3,(H,46,47,50)(H,48,49,51). The molecule has 0 fully saturated rings. The lowest BCUT2D eigenvalue weighted by Crippen LogP contribution is -2.02. The molecule has 0 saturated carbocycles. The third-order valence-corrected chi connectivity index (χ3v) is 9.04. The molecule has 0 aliphatic heterocycles. The fraction of sp³-hybridized carbons (Fsp3) is 0.0698. The predicted octanol–water partition coefficient (Wildman–Crippen LogP) is 11.3. The highest BCUT2D eigenvalue weighted by Gasteiger charge is 2.17. The van der Waals surface area contributed by atoms with Gasteiger partial charge in [-0.3, -0.25) is 0 Å². The van der Waals surface area contributed by atoms with Crippen LogP contribution in [0, 0.1) is 32.4 Å². The zero-order chi connectivity index (χ0) is 35.1. The van der Waals surface area contributed by atoms with E-state index in [2.05, 4.69) is 10.6 Å². The van der Waals surface area contributed by atoms with Crippen molar-refractivity contribution in [1.82, 2.24) is 19.9 Å². The number of nitrogens with one attached hydrogen (secondary N) is 2. The number of benzene rings is 6. The lowest BCUT2D eigenvalue weighted by Gasteiger charge is -2.16. The molecule has 2 N–H and O–H groups in total. The van der Waals surface area contributed by atoms with E-state index < -0.39 is 0 Å². The number of nitrogens with zero attached hydrogens (tertiary/aromatic N) is 4. The first-order valence-corrected chi connectivity index (χ1v) is 16.6. The normalized spacial score (nSPS) is 11.2. The average Bonchev–Trinajstić information content (AvgIpc) is 3.14. The molecular weight excluding hydrogens is 639 g/mol. The van der Waals surface area contributed by atoms with Gasteiger partial charge in [-0.2, -0.15) is 0 Å². The van der Waals surface area contributed by atoms with Crippen LogP contribution in [0.3, 0.4) is 0 Å². The molecule has 0 bridgehead atoms. The van der Waals surface area contributed by atoms with Crippen LogP contribution in [-0.4, -0.2) is 19.9 Å². The van der Waals surface area contributed by atoms with Gasteiger partial charge in [0, 0.05) is 27.6 Å². The number of anilines is 4. The van der Waals surface area contributed by atoms with E-state index in [4.69, 9.17) is 19.9 Å². The summed E-state index contributed by atoms with van der Waals surface area (Å²) in [5, 5.41) is 8.16. The summed E-state index contributed by atoms with van der Waals surface area (Å²) < 4.78 is 30.5. The van der Waals surface area contributed by atoms with Gasteiger partial charge in [0.1, 0.15) is 23.3 Å². The molecule has 2 aromatic heterocycles. The second-order valence-corrected chi connectivity index (χ2v) is 12.6. The van der Waals surface area contributed by atoms with Crippen molar-refractivity contribution in [3.8, 4) is 33.9 Å². The second kappa shape index (κ2) is 13.1. The molecule has 0 unspecified atom stereocenters. The van der Waals surface area contributed by atoms with Crippen molar-refractivity contribution in [2.75, 3.05) is 10.6 Å². The smallest absolute Gasteiger partial charge is 0.162 e. The van der Waals surface area contributed by atoms with Crippen LogP contribution in [0.25, 0.3) is 55.7 Å². The molecule has 6 nitrogen and oxygen atoms in total. The van der Waals surface area contributed by atoms with Gasteiger partial charge in [0.2, 0.25) is 0 Å². The first-order valence-electron chi connectivity index (χ1n) is 16.6. The van der Waals surface area contributed by atoms with Crippen molar-refractivity contribution in [3.63, 3.8) is 0 Å². The first-order chi connectivity index (χ1) is 24.8. The zero-order valence-corrected chi connectivity index (χ0v) is 28.2. The number of hydrogen-bond donors (Lipinski definition) is 2. The van der Waals surface area contributed by atoms with Gasteiger partial charge in [0.25, 0.3) is 0 Å². The summed E-state index contributed by atoms with van der Waals surface area (Å²) in [5.41, 5.74) is 8.14. The topological polar surface area (TPSA) is 75.6 Å². The summed E-state index contributed by atoms with van der Waals surface area (Å²) in [6, 6.07) is 39.3. The Labute approximate surface area is 293 Å². The monoisotopic (exact) mass is 670 g/mol. The van der Waals surface area contributed by atoms with Crippen LogP contribution >= 0.6 is 0 Å². The van der Waals surface area contributed by atoms with Crippen LogP contribution in [0.5, 0.6) is 0 Å². The molecule has 8 heteroatoms. The van der Waals surface area contributed by atoms with Crippen LogP contribution in [0.4, 0.5) is 31.8 Å². The molecular formula is C43H32F2N6. The molecule has 0 radical (unpaired) electrons. The largest absolute Gasteiger partial charge is 0.339 e. The fourth-order valence-electron chi connectivity index (χ4n) is 6.21. The summed E-state index contributed by atoms with van der Waals surface area (Å²) in [6.07, 6.45) is 0. The Hall–Kier alpha value is -6.54. The van der Waals surface area contributed by atoms with E-state index in [1.807, 2.05) is 111 Å². The van der Waals surface area contributed by atoms with Crippen LogP contribution in [0.2, 0.25) is 0 Å². The van der Waals surface area contributed by atoms with Crippen LogP contribution in [0.15, 0.2) is 127 Å². The molecule has 8 rings (SSSR count). The Bertz CT molecular complexity index is 2600. The van der Waals surface area contributed by atoms with E-state index in [0.717, 1.165) is 49.7 Å². The predicted molar refractivity (Wildman–Crippen MR) is 203 cm³/mol. The molecule has 0 aliphatic carbocycles. The molecule has 6 aromatic carbocycles. The van der Waals surface area contributed by atoms with E-state index in [1.165, 1.54) is 12.1 Å². The third-order valence-electron chi connectivity index (χ3n) is 9.04. The van der Waals surface area contributed by atoms with Gasteiger partial charge in [-0.15, -0.1) is 0 Å². The van der Waals surface area contributed by atoms with Gasteiger partial charge in [-0.25, -0.2) is 28.7 Å². The highest BCUT2D eigenvalue weighted by Crippen LogP contribution is 2.36. The van der Waals surface area contributed by atoms with Crippen molar-refractivity contribution in [2.24, 2.45) is 0 Å². The van der Waals surface area contributed by atoms with E-state index in [-0.39, 0.29) is 11.6 Å². The number of para-hydroxylation sites is 3. The molecule has 0 atom stereocenters. The van der Waals surface area contributed by atoms with Crippen LogP contribution in [-0.2, 0) is 0 Å². The van der Waals surface area contributed by atoms with Crippen molar-refractivity contribution in [2.45, 2.75) is 20.8 Å². The fourth-order valence-corrected chi connectivity index (χ4v) is 6.21. The van der Waals surface area contributed by atoms with Crippen molar-refractivity contribution >= 4 is 44.8 Å². The first kappa shape index (κ1) is 31.7. The number of hydrogen-bond acceptors (Lipinski definition) is 6. The maximum Gasteiger partial charge on any atom is 0.162 e. The molecule has 51 heavy (non-hydrogen) atoms. The zero-order valence-electron chi connectivity index (χ0n) is 28.2. The summed E-state index contributed by atoms with van der Waals surface area (Å²) >= 11 is 0. The number of rotatable bonds is 7. The lowest BCUT2D eigenvalue weighted by atomic mass is 9.93. The summed E-state index contributed by atoms with van der Waals surface area (Å²) in [5.74, 6) is 1.36. The Morgan fingerprint density at radius 3 is 1.76 bits per heavy atom. The molecule has 248 valence electrons. The minimum absolute atomic E-state index is 0.315. The number of fused-ring (bicyclic) bond motifs is 2. The Morgan fingerprint density at radius 2 is 1.08 bits per heavy atom. The van der Waals surface area contributed by atoms with E-state index in [9.17, 15) is 4.39 Å². The molecule has 0 amide bonds. The van der Waals surface area contributed by atoms with Gasteiger partial charge >= 0.3 is 0 Å². The molecule has 0 aliphatic rings. The van der Waals surface area contributed by atoms with Gasteiger partial charge in [0.15, 0.2) is 11.6 Å². The van der Waals surface area contributed by atoms with E-state index in [1.54, 1.807) is 25.1 Å². The van der Waals surface area contributed by atoms with Crippen LogP contribution in [0.1, 0.15) is 16.7 Å². The van der Waals surface area contributed by atoms with Gasteiger partial charge in [0.05, 0.1) is 16.7 Å². The lowest BCUT2D eigenvalue weighted by molar-refractivity contribution is 0.620. The third kappa shape index (κ3) is 6.24. The molecule has 8 aromatic rings. The van der Waals surface area contributed by atoms with Gasteiger partial charge < -0.3 is 10.6 Å². The van der Waals surface area contributed by atoms with Crippen LogP contribution < -0.4 is 10.6 Å². The second-order valence-electron chi connectivity index (χ2n) is 12.6. The average molecular weight is 671 g/mol. The van der Waals surface area contributed by atoms with E-state index in [0.29, 0.717) is 45.7 Å². The quantitative estimate of drug-likeness (QED) is 0.176. The molecule has 0 saturated heterocycles. The molecule has 2 heterocycles. The van der Waals surface area contributed by atoms with Crippen molar-refractivity contribution in [3.05, 3.63) is 156 Å². The SMILES string of the molecule is Cc1ccc(-c2nc(Nc3cc(F)c(C)c(-c4cc(-c5nc(Nc6ccccc6F)c6ccccc6n5)ccc4C)c3)c3ccccc3n2)cc1. The summed E-state index contributed by atoms with van der Waals surface area (Å²) in [7, 11) is 0. The van der Waals surface area contributed by atoms with Crippen molar-refractivity contribution < 1.29 is 8.78 Å². The van der Waals surface area contributed by atoms with Crippen molar-refractivity contribution in [1.29, 1.82) is 0 Å². The summed E-state index contributed by atoms with van der Waals surface area (Å²) in [4.78, 5) is 19.4. The number of aromatic nitrogens is 4. The highest BCUT2D eigenvalue weighted by molar-refractivity contribution is 5.94. The van der Waals surface area contributed by atoms with Gasteiger partial charge in [-0.1, -0.05) is 78.4 Å². The minimum Gasteiger partial charge on any atom is -0.339 e. The maximum absolute atomic E-state index is 15.8. The van der Waals surface area contributed by atoms with Gasteiger partial charge in [-0.05, 0) is 97.6 Å².